The maximum absolute atomic E-state index is 13.4. The van der Waals surface area contributed by atoms with E-state index < -0.39 is 20.6 Å². The Morgan fingerprint density at radius 3 is 2.41 bits per heavy atom. The van der Waals surface area contributed by atoms with Crippen LogP contribution >= 0.6 is 15.9 Å². The number of rotatable bonds is 2. The second kappa shape index (κ2) is 4.86. The van der Waals surface area contributed by atoms with Gasteiger partial charge in [0.1, 0.15) is 5.82 Å². The van der Waals surface area contributed by atoms with E-state index in [0.29, 0.717) is 4.47 Å². The highest BCUT2D eigenvalue weighted by Gasteiger charge is 2.27. The van der Waals surface area contributed by atoms with Gasteiger partial charge in [0.2, 0.25) is 0 Å². The zero-order chi connectivity index (χ0) is 13.3. The molecule has 0 bridgehead atoms. The molecule has 0 heterocycles. The Morgan fingerprint density at radius 2 is 1.94 bits per heavy atom. The highest BCUT2D eigenvalue weighted by molar-refractivity contribution is 9.10. The lowest BCUT2D eigenvalue weighted by Gasteiger charge is -2.14. The number of halogens is 2. The van der Waals surface area contributed by atoms with E-state index in [4.69, 9.17) is 0 Å². The zero-order valence-corrected chi connectivity index (χ0v) is 12.1. The lowest BCUT2D eigenvalue weighted by molar-refractivity contribution is 0.562. The molecule has 1 aromatic rings. The van der Waals surface area contributed by atoms with Gasteiger partial charge in [0.25, 0.3) is 10.0 Å². The minimum absolute atomic E-state index is 0.140. The minimum atomic E-state index is -3.63. The molecule has 0 saturated carbocycles. The van der Waals surface area contributed by atoms with Gasteiger partial charge in [-0.25, -0.2) is 12.8 Å². The average molecular weight is 322 g/mol. The molecule has 6 heteroatoms. The topological polar surface area (TPSA) is 46.5 Å². The maximum Gasteiger partial charge on any atom is 0.258 e. The van der Waals surface area contributed by atoms with Crippen LogP contribution in [0.4, 0.5) is 4.39 Å². The van der Waals surface area contributed by atoms with E-state index in [1.54, 1.807) is 6.07 Å². The standard InChI is InChI=1S/C11H13BrFNO2S/c1-11(2,3)17(15,16)14-7-8-4-5-9(12)6-10(8)13/h4-7H,1-3H3/b14-7+. The van der Waals surface area contributed by atoms with Crippen LogP contribution in [-0.2, 0) is 10.0 Å². The molecular weight excluding hydrogens is 309 g/mol. The highest BCUT2D eigenvalue weighted by atomic mass is 79.9. The van der Waals surface area contributed by atoms with E-state index in [-0.39, 0.29) is 5.56 Å². The Labute approximate surface area is 109 Å². The Kier molecular flexibility index (Phi) is 4.09. The van der Waals surface area contributed by atoms with Gasteiger partial charge in [-0.05, 0) is 39.0 Å². The molecule has 0 aliphatic rings. The van der Waals surface area contributed by atoms with Gasteiger partial charge in [-0.1, -0.05) is 15.9 Å². The average Bonchev–Trinajstić information content (AvgIpc) is 2.14. The molecule has 0 unspecified atom stereocenters. The monoisotopic (exact) mass is 321 g/mol. The first-order valence-corrected chi connectivity index (χ1v) is 7.12. The van der Waals surface area contributed by atoms with Gasteiger partial charge in [0, 0.05) is 10.0 Å². The van der Waals surface area contributed by atoms with Crippen LogP contribution < -0.4 is 0 Å². The van der Waals surface area contributed by atoms with Crippen LogP contribution in [0.5, 0.6) is 0 Å². The molecule has 0 N–H and O–H groups in total. The van der Waals surface area contributed by atoms with Gasteiger partial charge in [-0.2, -0.15) is 4.40 Å². The normalized spacial score (nSPS) is 13.2. The van der Waals surface area contributed by atoms with Gasteiger partial charge < -0.3 is 0 Å². The van der Waals surface area contributed by atoms with Crippen LogP contribution in [-0.4, -0.2) is 19.4 Å². The molecule has 0 aliphatic carbocycles. The predicted molar refractivity (Wildman–Crippen MR) is 70.4 cm³/mol. The van der Waals surface area contributed by atoms with Crippen LogP contribution in [0.2, 0.25) is 0 Å². The smallest absolute Gasteiger partial charge is 0.206 e. The third-order valence-electron chi connectivity index (χ3n) is 2.07. The van der Waals surface area contributed by atoms with Gasteiger partial charge in [-0.15, -0.1) is 0 Å². The molecule has 0 radical (unpaired) electrons. The van der Waals surface area contributed by atoms with E-state index in [0.717, 1.165) is 6.21 Å². The predicted octanol–water partition coefficient (Wildman–Crippen LogP) is 3.14. The van der Waals surface area contributed by atoms with Crippen LogP contribution in [0.25, 0.3) is 0 Å². The molecule has 0 aromatic heterocycles. The number of nitrogens with zero attached hydrogens (tertiary/aromatic N) is 1. The Balaban J connectivity index is 3.08. The first kappa shape index (κ1) is 14.3. The molecule has 3 nitrogen and oxygen atoms in total. The first-order chi connectivity index (χ1) is 7.63. The molecule has 0 amide bonds. The fourth-order valence-electron chi connectivity index (χ4n) is 0.890. The number of benzene rings is 1. The molecular formula is C11H13BrFNO2S. The summed E-state index contributed by atoms with van der Waals surface area (Å²) in [6.07, 6.45) is 1.03. The molecule has 0 spiro atoms. The summed E-state index contributed by atoms with van der Waals surface area (Å²) in [6, 6.07) is 4.33. The summed E-state index contributed by atoms with van der Waals surface area (Å²) in [4.78, 5) is 0. The zero-order valence-electron chi connectivity index (χ0n) is 9.74. The summed E-state index contributed by atoms with van der Waals surface area (Å²) in [6.45, 7) is 4.62. The van der Waals surface area contributed by atoms with Crippen molar-refractivity contribution in [3.8, 4) is 0 Å². The van der Waals surface area contributed by atoms with Crippen molar-refractivity contribution in [1.82, 2.24) is 0 Å². The number of hydrogen-bond donors (Lipinski definition) is 0. The minimum Gasteiger partial charge on any atom is -0.206 e. The molecule has 17 heavy (non-hydrogen) atoms. The first-order valence-electron chi connectivity index (χ1n) is 4.88. The van der Waals surface area contributed by atoms with Crippen LogP contribution in [0.3, 0.4) is 0 Å². The van der Waals surface area contributed by atoms with Crippen molar-refractivity contribution >= 4 is 32.2 Å². The fourth-order valence-corrected chi connectivity index (χ4v) is 1.79. The Bertz CT molecular complexity index is 547. The van der Waals surface area contributed by atoms with Gasteiger partial charge >= 0.3 is 0 Å². The lowest BCUT2D eigenvalue weighted by Crippen LogP contribution is -2.25. The van der Waals surface area contributed by atoms with Crippen molar-refractivity contribution in [1.29, 1.82) is 0 Å². The summed E-state index contributed by atoms with van der Waals surface area (Å²) in [5.74, 6) is -0.521. The largest absolute Gasteiger partial charge is 0.258 e. The van der Waals surface area contributed by atoms with Crippen molar-refractivity contribution in [2.75, 3.05) is 0 Å². The van der Waals surface area contributed by atoms with Crippen LogP contribution in [0.15, 0.2) is 27.1 Å². The van der Waals surface area contributed by atoms with Crippen molar-refractivity contribution in [2.45, 2.75) is 25.5 Å². The maximum atomic E-state index is 13.4. The molecule has 0 aliphatic heterocycles. The Morgan fingerprint density at radius 1 is 1.35 bits per heavy atom. The van der Waals surface area contributed by atoms with Gasteiger partial charge in [0.15, 0.2) is 0 Å². The van der Waals surface area contributed by atoms with Crippen LogP contribution in [0.1, 0.15) is 26.3 Å². The van der Waals surface area contributed by atoms with Gasteiger partial charge in [0.05, 0.1) is 11.0 Å². The summed E-state index contributed by atoms with van der Waals surface area (Å²) in [7, 11) is -3.63. The second-order valence-electron chi connectivity index (χ2n) is 4.49. The van der Waals surface area contributed by atoms with Crippen molar-refractivity contribution in [2.24, 2.45) is 4.40 Å². The van der Waals surface area contributed by atoms with Crippen molar-refractivity contribution in [3.05, 3.63) is 34.1 Å². The second-order valence-corrected chi connectivity index (χ2v) is 7.79. The van der Waals surface area contributed by atoms with Gasteiger partial charge in [-0.3, -0.25) is 0 Å². The molecule has 0 saturated heterocycles. The third kappa shape index (κ3) is 3.61. The van der Waals surface area contributed by atoms with E-state index in [9.17, 15) is 12.8 Å². The SMILES string of the molecule is CC(C)(C)S(=O)(=O)/N=C/c1ccc(Br)cc1F. The summed E-state index contributed by atoms with van der Waals surface area (Å²) >= 11 is 3.12. The third-order valence-corrected chi connectivity index (χ3v) is 4.49. The quantitative estimate of drug-likeness (QED) is 0.785. The number of sulfonamides is 1. The molecule has 1 aromatic carbocycles. The summed E-state index contributed by atoms with van der Waals surface area (Å²) < 4.78 is 39.8. The summed E-state index contributed by atoms with van der Waals surface area (Å²) in [5.41, 5.74) is 0.140. The van der Waals surface area contributed by atoms with Crippen molar-refractivity contribution in [3.63, 3.8) is 0 Å². The van der Waals surface area contributed by atoms with Crippen LogP contribution in [0, 0.1) is 5.82 Å². The fraction of sp³-hybridized carbons (Fsp3) is 0.364. The van der Waals surface area contributed by atoms with E-state index in [1.807, 2.05) is 0 Å². The lowest BCUT2D eigenvalue weighted by atomic mass is 10.2. The Hall–Kier alpha value is -0.750. The van der Waals surface area contributed by atoms with Crippen molar-refractivity contribution < 1.29 is 12.8 Å². The molecule has 1 rings (SSSR count). The highest BCUT2D eigenvalue weighted by Crippen LogP contribution is 2.18. The molecule has 0 fully saturated rings. The van der Waals surface area contributed by atoms with E-state index in [1.165, 1.54) is 32.9 Å². The number of hydrogen-bond acceptors (Lipinski definition) is 2. The summed E-state index contributed by atoms with van der Waals surface area (Å²) in [5, 5.41) is 0. The van der Waals surface area contributed by atoms with E-state index in [2.05, 4.69) is 20.3 Å². The molecule has 0 atom stereocenters. The molecule has 94 valence electrons. The van der Waals surface area contributed by atoms with E-state index >= 15 is 0 Å².